The van der Waals surface area contributed by atoms with Gasteiger partial charge in [0, 0.05) is 18.7 Å². The molecule has 0 aromatic heterocycles. The fourth-order valence-electron chi connectivity index (χ4n) is 2.42. The minimum absolute atomic E-state index is 0.135. The van der Waals surface area contributed by atoms with Crippen LogP contribution in [0.25, 0.3) is 0 Å². The third-order valence-corrected chi connectivity index (χ3v) is 3.32. The first-order chi connectivity index (χ1) is 7.27. The molecular weight excluding hydrogens is 190 g/mol. The maximum absolute atomic E-state index is 11.4. The lowest BCUT2D eigenvalue weighted by Crippen LogP contribution is -2.34. The van der Waals surface area contributed by atoms with Crippen LogP contribution in [0, 0.1) is 5.92 Å². The molecule has 0 radical (unpaired) electrons. The van der Waals surface area contributed by atoms with Gasteiger partial charge in [0.25, 0.3) is 11.8 Å². The molecule has 0 saturated heterocycles. The van der Waals surface area contributed by atoms with Gasteiger partial charge in [-0.3, -0.25) is 14.5 Å². The Morgan fingerprint density at radius 2 is 1.53 bits per heavy atom. The predicted octanol–water partition coefficient (Wildman–Crippen LogP) is 1.88. The number of imide groups is 1. The summed E-state index contributed by atoms with van der Waals surface area (Å²) in [5, 5.41) is 0. The van der Waals surface area contributed by atoms with Gasteiger partial charge in [-0.25, -0.2) is 0 Å². The summed E-state index contributed by atoms with van der Waals surface area (Å²) in [6, 6.07) is 0. The monoisotopic (exact) mass is 207 g/mol. The zero-order valence-corrected chi connectivity index (χ0v) is 8.95. The van der Waals surface area contributed by atoms with E-state index in [1.54, 1.807) is 0 Å². The number of nitrogens with zero attached hydrogens (tertiary/aromatic N) is 1. The van der Waals surface area contributed by atoms with E-state index in [1.165, 1.54) is 42.7 Å². The summed E-state index contributed by atoms with van der Waals surface area (Å²) in [6.45, 7) is 0.630. The normalized spacial score (nSPS) is 23.6. The second-order valence-corrected chi connectivity index (χ2v) is 4.48. The zero-order valence-electron chi connectivity index (χ0n) is 8.95. The smallest absolute Gasteiger partial charge is 0.253 e. The van der Waals surface area contributed by atoms with Gasteiger partial charge in [-0.2, -0.15) is 0 Å². The van der Waals surface area contributed by atoms with Gasteiger partial charge in [0.15, 0.2) is 0 Å². The zero-order chi connectivity index (χ0) is 10.7. The molecule has 1 aliphatic carbocycles. The highest BCUT2D eigenvalue weighted by Gasteiger charge is 2.26. The molecule has 2 aliphatic rings. The van der Waals surface area contributed by atoms with E-state index in [0.29, 0.717) is 12.5 Å². The minimum atomic E-state index is -0.135. The Morgan fingerprint density at radius 1 is 1.00 bits per heavy atom. The average Bonchev–Trinajstić information content (AvgIpc) is 2.49. The van der Waals surface area contributed by atoms with E-state index in [1.807, 2.05) is 0 Å². The van der Waals surface area contributed by atoms with Crippen LogP contribution in [0.1, 0.15) is 38.5 Å². The summed E-state index contributed by atoms with van der Waals surface area (Å²) < 4.78 is 0. The molecule has 82 valence electrons. The molecule has 0 spiro atoms. The molecule has 1 fully saturated rings. The van der Waals surface area contributed by atoms with Crippen LogP contribution in [0.2, 0.25) is 0 Å². The number of hydrogen-bond donors (Lipinski definition) is 0. The van der Waals surface area contributed by atoms with Crippen LogP contribution in [-0.4, -0.2) is 23.3 Å². The van der Waals surface area contributed by atoms with Gasteiger partial charge in [0.05, 0.1) is 0 Å². The Hall–Kier alpha value is -1.12. The standard InChI is InChI=1S/C12H17NO2/c14-11-7-8-12(15)13(11)9-10-5-3-1-2-4-6-10/h7-8,10H,1-6,9H2. The first kappa shape index (κ1) is 10.4. The van der Waals surface area contributed by atoms with Crippen LogP contribution < -0.4 is 0 Å². The quantitative estimate of drug-likeness (QED) is 0.512. The van der Waals surface area contributed by atoms with E-state index >= 15 is 0 Å². The van der Waals surface area contributed by atoms with Crippen molar-refractivity contribution in [3.05, 3.63) is 12.2 Å². The topological polar surface area (TPSA) is 37.4 Å². The number of amides is 2. The summed E-state index contributed by atoms with van der Waals surface area (Å²) in [7, 11) is 0. The number of rotatable bonds is 2. The Morgan fingerprint density at radius 3 is 2.07 bits per heavy atom. The van der Waals surface area contributed by atoms with Crippen molar-refractivity contribution in [2.24, 2.45) is 5.92 Å². The van der Waals surface area contributed by atoms with Crippen molar-refractivity contribution in [1.29, 1.82) is 0 Å². The molecule has 0 unspecified atom stereocenters. The molecule has 3 nitrogen and oxygen atoms in total. The van der Waals surface area contributed by atoms with Crippen molar-refractivity contribution in [2.75, 3.05) is 6.54 Å². The maximum Gasteiger partial charge on any atom is 0.253 e. The van der Waals surface area contributed by atoms with E-state index in [2.05, 4.69) is 0 Å². The molecule has 1 aliphatic heterocycles. The van der Waals surface area contributed by atoms with Crippen molar-refractivity contribution in [3.8, 4) is 0 Å². The van der Waals surface area contributed by atoms with Gasteiger partial charge in [-0.05, 0) is 18.8 Å². The van der Waals surface area contributed by atoms with Crippen molar-refractivity contribution < 1.29 is 9.59 Å². The summed E-state index contributed by atoms with van der Waals surface area (Å²) >= 11 is 0. The Balaban J connectivity index is 1.90. The van der Waals surface area contributed by atoms with Gasteiger partial charge in [-0.15, -0.1) is 0 Å². The molecule has 3 heteroatoms. The molecule has 0 aromatic rings. The van der Waals surface area contributed by atoms with E-state index in [-0.39, 0.29) is 11.8 Å². The fraction of sp³-hybridized carbons (Fsp3) is 0.667. The number of hydrogen-bond acceptors (Lipinski definition) is 2. The highest BCUT2D eigenvalue weighted by Crippen LogP contribution is 2.24. The second-order valence-electron chi connectivity index (χ2n) is 4.48. The molecule has 0 bridgehead atoms. The van der Waals surface area contributed by atoms with Gasteiger partial charge in [0.1, 0.15) is 0 Å². The van der Waals surface area contributed by atoms with Gasteiger partial charge < -0.3 is 0 Å². The summed E-state index contributed by atoms with van der Waals surface area (Å²) in [5.41, 5.74) is 0. The predicted molar refractivity (Wildman–Crippen MR) is 57.1 cm³/mol. The SMILES string of the molecule is O=C1C=CC(=O)N1CC1CCCCCC1. The average molecular weight is 207 g/mol. The van der Waals surface area contributed by atoms with Gasteiger partial charge >= 0.3 is 0 Å². The molecule has 1 heterocycles. The third-order valence-electron chi connectivity index (χ3n) is 3.32. The summed E-state index contributed by atoms with van der Waals surface area (Å²) in [6.07, 6.45) is 10.2. The van der Waals surface area contributed by atoms with Crippen LogP contribution in [-0.2, 0) is 9.59 Å². The molecule has 2 amide bonds. The van der Waals surface area contributed by atoms with E-state index < -0.39 is 0 Å². The lowest BCUT2D eigenvalue weighted by molar-refractivity contribution is -0.137. The molecular formula is C12H17NO2. The first-order valence-corrected chi connectivity index (χ1v) is 5.81. The largest absolute Gasteiger partial charge is 0.275 e. The Bertz CT molecular complexity index is 270. The Kier molecular flexibility index (Phi) is 3.19. The van der Waals surface area contributed by atoms with Crippen LogP contribution in [0.15, 0.2) is 12.2 Å². The highest BCUT2D eigenvalue weighted by atomic mass is 16.2. The molecule has 0 atom stereocenters. The van der Waals surface area contributed by atoms with Gasteiger partial charge in [0.2, 0.25) is 0 Å². The number of carbonyl (C=O) groups is 2. The Labute approximate surface area is 90.1 Å². The first-order valence-electron chi connectivity index (χ1n) is 5.81. The molecule has 0 N–H and O–H groups in total. The molecule has 0 aromatic carbocycles. The van der Waals surface area contributed by atoms with E-state index in [9.17, 15) is 9.59 Å². The molecule has 2 rings (SSSR count). The fourth-order valence-corrected chi connectivity index (χ4v) is 2.42. The molecule has 1 saturated carbocycles. The van der Waals surface area contributed by atoms with Crippen molar-refractivity contribution >= 4 is 11.8 Å². The van der Waals surface area contributed by atoms with Crippen LogP contribution in [0.3, 0.4) is 0 Å². The number of carbonyl (C=O) groups excluding carboxylic acids is 2. The highest BCUT2D eigenvalue weighted by molar-refractivity contribution is 6.12. The lowest BCUT2D eigenvalue weighted by Gasteiger charge is -2.20. The molecule has 15 heavy (non-hydrogen) atoms. The summed E-state index contributed by atoms with van der Waals surface area (Å²) in [5.74, 6) is 0.258. The van der Waals surface area contributed by atoms with Crippen LogP contribution in [0.5, 0.6) is 0 Å². The van der Waals surface area contributed by atoms with Crippen molar-refractivity contribution in [2.45, 2.75) is 38.5 Å². The van der Waals surface area contributed by atoms with Crippen LogP contribution in [0.4, 0.5) is 0 Å². The van der Waals surface area contributed by atoms with Crippen LogP contribution >= 0.6 is 0 Å². The third kappa shape index (κ3) is 2.46. The van der Waals surface area contributed by atoms with Gasteiger partial charge in [-0.1, -0.05) is 25.7 Å². The van der Waals surface area contributed by atoms with Crippen molar-refractivity contribution in [3.63, 3.8) is 0 Å². The summed E-state index contributed by atoms with van der Waals surface area (Å²) in [4.78, 5) is 24.1. The van der Waals surface area contributed by atoms with Crippen molar-refractivity contribution in [1.82, 2.24) is 4.90 Å². The lowest BCUT2D eigenvalue weighted by atomic mass is 10.00. The minimum Gasteiger partial charge on any atom is -0.275 e. The maximum atomic E-state index is 11.4. The van der Waals surface area contributed by atoms with E-state index in [0.717, 1.165) is 12.8 Å². The van der Waals surface area contributed by atoms with E-state index in [4.69, 9.17) is 0 Å². The second kappa shape index (κ2) is 4.60.